The standard InChI is InChI=1S/C13H15NO2/c1-8-4-10-5-9(2-3-12(10)16-8)11-6-13(15)14-7-11/h2-3,5,8,11H,4,6-7H2,1H3,(H,14,15). The van der Waals surface area contributed by atoms with Crippen LogP contribution >= 0.6 is 0 Å². The van der Waals surface area contributed by atoms with Crippen molar-refractivity contribution in [2.75, 3.05) is 6.54 Å². The highest BCUT2D eigenvalue weighted by Gasteiger charge is 2.25. The smallest absolute Gasteiger partial charge is 0.220 e. The first kappa shape index (κ1) is 9.70. The summed E-state index contributed by atoms with van der Waals surface area (Å²) < 4.78 is 5.66. The molecule has 0 bridgehead atoms. The summed E-state index contributed by atoms with van der Waals surface area (Å²) in [5.41, 5.74) is 2.54. The summed E-state index contributed by atoms with van der Waals surface area (Å²) in [6, 6.07) is 6.32. The zero-order chi connectivity index (χ0) is 11.1. The Kier molecular flexibility index (Phi) is 2.13. The van der Waals surface area contributed by atoms with Crippen LogP contribution in [0.25, 0.3) is 0 Å². The van der Waals surface area contributed by atoms with Crippen LogP contribution in [-0.2, 0) is 11.2 Å². The predicted octanol–water partition coefficient (Wildman–Crippen LogP) is 1.61. The fraction of sp³-hybridized carbons (Fsp3) is 0.462. The largest absolute Gasteiger partial charge is 0.490 e. The van der Waals surface area contributed by atoms with Gasteiger partial charge in [0.2, 0.25) is 5.91 Å². The number of amides is 1. The third kappa shape index (κ3) is 1.56. The zero-order valence-electron chi connectivity index (χ0n) is 9.32. The number of benzene rings is 1. The van der Waals surface area contributed by atoms with Gasteiger partial charge in [0, 0.05) is 25.3 Å². The van der Waals surface area contributed by atoms with Crippen LogP contribution in [0, 0.1) is 0 Å². The average molecular weight is 217 g/mol. The van der Waals surface area contributed by atoms with Gasteiger partial charge in [-0.15, -0.1) is 0 Å². The molecule has 1 aromatic rings. The maximum atomic E-state index is 11.2. The molecule has 84 valence electrons. The van der Waals surface area contributed by atoms with Crippen molar-refractivity contribution >= 4 is 5.91 Å². The van der Waals surface area contributed by atoms with E-state index in [9.17, 15) is 4.79 Å². The third-order valence-corrected chi connectivity index (χ3v) is 3.37. The number of fused-ring (bicyclic) bond motifs is 1. The molecule has 1 saturated heterocycles. The van der Waals surface area contributed by atoms with Crippen LogP contribution in [-0.4, -0.2) is 18.6 Å². The third-order valence-electron chi connectivity index (χ3n) is 3.37. The van der Waals surface area contributed by atoms with Gasteiger partial charge in [-0.2, -0.15) is 0 Å². The van der Waals surface area contributed by atoms with Crippen LogP contribution in [0.15, 0.2) is 18.2 Å². The van der Waals surface area contributed by atoms with E-state index >= 15 is 0 Å². The molecule has 2 unspecified atom stereocenters. The first-order valence-electron chi connectivity index (χ1n) is 5.78. The zero-order valence-corrected chi connectivity index (χ0v) is 9.32. The number of hydrogen-bond acceptors (Lipinski definition) is 2. The second kappa shape index (κ2) is 3.51. The molecule has 2 atom stereocenters. The average Bonchev–Trinajstić information content (AvgIpc) is 2.81. The maximum Gasteiger partial charge on any atom is 0.220 e. The minimum atomic E-state index is 0.162. The van der Waals surface area contributed by atoms with E-state index in [4.69, 9.17) is 4.74 Å². The van der Waals surface area contributed by atoms with Crippen molar-refractivity contribution in [3.63, 3.8) is 0 Å². The predicted molar refractivity (Wildman–Crippen MR) is 60.6 cm³/mol. The van der Waals surface area contributed by atoms with Crippen LogP contribution in [0.5, 0.6) is 5.75 Å². The normalized spacial score (nSPS) is 27.4. The SMILES string of the molecule is CC1Cc2cc(C3CNC(=O)C3)ccc2O1. The van der Waals surface area contributed by atoms with Gasteiger partial charge in [0.25, 0.3) is 0 Å². The van der Waals surface area contributed by atoms with Crippen LogP contribution in [0.1, 0.15) is 30.4 Å². The molecular formula is C13H15NO2. The second-order valence-corrected chi connectivity index (χ2v) is 4.70. The second-order valence-electron chi connectivity index (χ2n) is 4.70. The van der Waals surface area contributed by atoms with Crippen molar-refractivity contribution in [1.82, 2.24) is 5.32 Å². The summed E-state index contributed by atoms with van der Waals surface area (Å²) in [7, 11) is 0. The minimum absolute atomic E-state index is 0.162. The fourth-order valence-electron chi connectivity index (χ4n) is 2.54. The molecular weight excluding hydrogens is 202 g/mol. The lowest BCUT2D eigenvalue weighted by atomic mass is 9.95. The van der Waals surface area contributed by atoms with Crippen LogP contribution < -0.4 is 10.1 Å². The Balaban J connectivity index is 1.87. The van der Waals surface area contributed by atoms with Gasteiger partial charge in [-0.3, -0.25) is 4.79 Å². The van der Waals surface area contributed by atoms with E-state index in [1.807, 2.05) is 6.07 Å². The first-order chi connectivity index (χ1) is 7.72. The quantitative estimate of drug-likeness (QED) is 0.776. The lowest BCUT2D eigenvalue weighted by molar-refractivity contribution is -0.119. The Morgan fingerprint density at radius 3 is 3.00 bits per heavy atom. The van der Waals surface area contributed by atoms with Gasteiger partial charge in [-0.1, -0.05) is 12.1 Å². The van der Waals surface area contributed by atoms with Crippen LogP contribution in [0.3, 0.4) is 0 Å². The van der Waals surface area contributed by atoms with Crippen molar-refractivity contribution in [3.05, 3.63) is 29.3 Å². The molecule has 0 saturated carbocycles. The number of nitrogens with one attached hydrogen (secondary N) is 1. The topological polar surface area (TPSA) is 38.3 Å². The molecule has 1 amide bonds. The van der Waals surface area contributed by atoms with Crippen molar-refractivity contribution in [3.8, 4) is 5.75 Å². The van der Waals surface area contributed by atoms with Crippen LogP contribution in [0.4, 0.5) is 0 Å². The van der Waals surface area contributed by atoms with Gasteiger partial charge >= 0.3 is 0 Å². The van der Waals surface area contributed by atoms with E-state index in [-0.39, 0.29) is 12.0 Å². The molecule has 1 N–H and O–H groups in total. The fourth-order valence-corrected chi connectivity index (χ4v) is 2.54. The highest BCUT2D eigenvalue weighted by atomic mass is 16.5. The van der Waals surface area contributed by atoms with Crippen molar-refractivity contribution in [2.24, 2.45) is 0 Å². The van der Waals surface area contributed by atoms with Gasteiger partial charge in [0.15, 0.2) is 0 Å². The summed E-state index contributed by atoms with van der Waals surface area (Å²) in [6.07, 6.45) is 1.89. The number of rotatable bonds is 1. The summed E-state index contributed by atoms with van der Waals surface area (Å²) in [5.74, 6) is 1.51. The molecule has 0 aliphatic carbocycles. The molecule has 16 heavy (non-hydrogen) atoms. The molecule has 2 aliphatic heterocycles. The van der Waals surface area contributed by atoms with Crippen molar-refractivity contribution in [2.45, 2.75) is 31.8 Å². The Labute approximate surface area is 94.8 Å². The Morgan fingerprint density at radius 2 is 2.25 bits per heavy atom. The molecule has 1 aromatic carbocycles. The molecule has 2 aliphatic rings. The minimum Gasteiger partial charge on any atom is -0.490 e. The molecule has 0 spiro atoms. The van der Waals surface area contributed by atoms with Crippen molar-refractivity contribution in [1.29, 1.82) is 0 Å². The van der Waals surface area contributed by atoms with E-state index in [0.717, 1.165) is 18.7 Å². The summed E-state index contributed by atoms with van der Waals surface area (Å²) >= 11 is 0. The van der Waals surface area contributed by atoms with Crippen LogP contribution in [0.2, 0.25) is 0 Å². The molecule has 3 rings (SSSR count). The van der Waals surface area contributed by atoms with E-state index in [1.165, 1.54) is 11.1 Å². The van der Waals surface area contributed by atoms with E-state index < -0.39 is 0 Å². The van der Waals surface area contributed by atoms with Gasteiger partial charge < -0.3 is 10.1 Å². The number of carbonyl (C=O) groups excluding carboxylic acids is 1. The molecule has 3 heteroatoms. The summed E-state index contributed by atoms with van der Waals surface area (Å²) in [5, 5.41) is 2.87. The summed E-state index contributed by atoms with van der Waals surface area (Å²) in [6.45, 7) is 2.86. The number of carbonyl (C=O) groups is 1. The lowest BCUT2D eigenvalue weighted by Gasteiger charge is -2.09. The molecule has 1 fully saturated rings. The number of hydrogen-bond donors (Lipinski definition) is 1. The van der Waals surface area contributed by atoms with Crippen molar-refractivity contribution < 1.29 is 9.53 Å². The Morgan fingerprint density at radius 1 is 1.38 bits per heavy atom. The Hall–Kier alpha value is -1.51. The van der Waals surface area contributed by atoms with Gasteiger partial charge in [0.05, 0.1) is 0 Å². The van der Waals surface area contributed by atoms with Gasteiger partial charge in [-0.05, 0) is 24.1 Å². The number of ether oxygens (including phenoxy) is 1. The van der Waals surface area contributed by atoms with E-state index in [0.29, 0.717) is 12.3 Å². The highest BCUT2D eigenvalue weighted by Crippen LogP contribution is 2.33. The van der Waals surface area contributed by atoms with Gasteiger partial charge in [-0.25, -0.2) is 0 Å². The van der Waals surface area contributed by atoms with E-state index in [2.05, 4.69) is 24.4 Å². The monoisotopic (exact) mass is 217 g/mol. The van der Waals surface area contributed by atoms with Gasteiger partial charge in [0.1, 0.15) is 11.9 Å². The molecule has 3 nitrogen and oxygen atoms in total. The van der Waals surface area contributed by atoms with E-state index in [1.54, 1.807) is 0 Å². The maximum absolute atomic E-state index is 11.2. The highest BCUT2D eigenvalue weighted by molar-refractivity contribution is 5.79. The molecule has 2 heterocycles. The summed E-state index contributed by atoms with van der Waals surface area (Å²) in [4.78, 5) is 11.2. The molecule has 0 radical (unpaired) electrons. The molecule has 0 aromatic heterocycles. The lowest BCUT2D eigenvalue weighted by Crippen LogP contribution is -2.13. The first-order valence-corrected chi connectivity index (χ1v) is 5.78. The Bertz CT molecular complexity index is 442.